The number of halogens is 1. The highest BCUT2D eigenvalue weighted by molar-refractivity contribution is 6.35. The van der Waals surface area contributed by atoms with Crippen molar-refractivity contribution in [2.75, 3.05) is 5.32 Å². The van der Waals surface area contributed by atoms with E-state index < -0.39 is 0 Å². The fraction of sp³-hybridized carbons (Fsp3) is 0.133. The van der Waals surface area contributed by atoms with Gasteiger partial charge in [-0.15, -0.1) is 0 Å². The largest absolute Gasteiger partial charge is 0.319 e. The lowest BCUT2D eigenvalue weighted by atomic mass is 10.1. The second-order valence-electron chi connectivity index (χ2n) is 4.55. The molecular weight excluding hydrogens is 288 g/mol. The first-order valence-electron chi connectivity index (χ1n) is 6.56. The predicted octanol–water partition coefficient (Wildman–Crippen LogP) is 3.36. The molecule has 0 aliphatic carbocycles. The molecule has 0 fully saturated rings. The van der Waals surface area contributed by atoms with Crippen LogP contribution in [0.3, 0.4) is 0 Å². The number of aromatic nitrogens is 3. The van der Waals surface area contributed by atoms with Crippen molar-refractivity contribution < 1.29 is 4.79 Å². The lowest BCUT2D eigenvalue weighted by Crippen LogP contribution is -2.12. The molecule has 0 aliphatic heterocycles. The zero-order valence-corrected chi connectivity index (χ0v) is 12.1. The van der Waals surface area contributed by atoms with Gasteiger partial charge in [-0.2, -0.15) is 5.10 Å². The molecule has 0 radical (unpaired) electrons. The van der Waals surface area contributed by atoms with Gasteiger partial charge in [0.05, 0.1) is 17.4 Å². The van der Waals surface area contributed by atoms with Gasteiger partial charge in [0.15, 0.2) is 0 Å². The molecule has 3 aromatic rings. The summed E-state index contributed by atoms with van der Waals surface area (Å²) in [7, 11) is 0. The summed E-state index contributed by atoms with van der Waals surface area (Å²) in [4.78, 5) is 16.5. The first-order chi connectivity index (χ1) is 10.2. The highest BCUT2D eigenvalue weighted by Gasteiger charge is 2.13. The van der Waals surface area contributed by atoms with Crippen LogP contribution in [0.5, 0.6) is 0 Å². The summed E-state index contributed by atoms with van der Waals surface area (Å²) >= 11 is 6.06. The van der Waals surface area contributed by atoms with Crippen LogP contribution in [0.4, 0.5) is 5.69 Å². The highest BCUT2D eigenvalue weighted by Crippen LogP contribution is 2.24. The molecule has 21 heavy (non-hydrogen) atoms. The number of carbonyl (C=O) groups is 1. The minimum atomic E-state index is -0.231. The molecule has 106 valence electrons. The number of aryl methyl sites for hydroxylation is 1. The SMILES string of the molecule is CCn1cc(NC(=O)c2cnc(Cl)c3ccccc23)cn1. The van der Waals surface area contributed by atoms with Crippen molar-refractivity contribution in [1.82, 2.24) is 14.8 Å². The van der Waals surface area contributed by atoms with Crippen molar-refractivity contribution >= 4 is 34.0 Å². The number of rotatable bonds is 3. The second kappa shape index (κ2) is 5.54. The number of benzene rings is 1. The van der Waals surface area contributed by atoms with E-state index in [4.69, 9.17) is 11.6 Å². The normalized spacial score (nSPS) is 10.8. The summed E-state index contributed by atoms with van der Waals surface area (Å²) in [5, 5.41) is 8.87. The summed E-state index contributed by atoms with van der Waals surface area (Å²) in [5.74, 6) is -0.231. The zero-order valence-electron chi connectivity index (χ0n) is 11.4. The molecule has 6 heteroatoms. The van der Waals surface area contributed by atoms with Crippen molar-refractivity contribution in [3.05, 3.63) is 53.6 Å². The van der Waals surface area contributed by atoms with E-state index in [1.54, 1.807) is 17.1 Å². The Kier molecular flexibility index (Phi) is 3.58. The summed E-state index contributed by atoms with van der Waals surface area (Å²) in [5.41, 5.74) is 1.14. The van der Waals surface area contributed by atoms with E-state index in [0.717, 1.165) is 17.3 Å². The molecule has 0 saturated carbocycles. The number of anilines is 1. The maximum atomic E-state index is 12.4. The molecule has 1 aromatic carbocycles. The van der Waals surface area contributed by atoms with Crippen LogP contribution >= 0.6 is 11.6 Å². The number of fused-ring (bicyclic) bond motifs is 1. The van der Waals surface area contributed by atoms with Crippen molar-refractivity contribution in [2.45, 2.75) is 13.5 Å². The van der Waals surface area contributed by atoms with E-state index in [9.17, 15) is 4.79 Å². The molecule has 0 aliphatic rings. The molecule has 1 amide bonds. The van der Waals surface area contributed by atoms with Gasteiger partial charge >= 0.3 is 0 Å². The first kappa shape index (κ1) is 13.6. The lowest BCUT2D eigenvalue weighted by molar-refractivity contribution is 0.102. The third kappa shape index (κ3) is 2.60. The van der Waals surface area contributed by atoms with Gasteiger partial charge in [-0.05, 0) is 12.3 Å². The topological polar surface area (TPSA) is 59.8 Å². The van der Waals surface area contributed by atoms with Gasteiger partial charge in [0.2, 0.25) is 0 Å². The van der Waals surface area contributed by atoms with Crippen molar-refractivity contribution in [3.63, 3.8) is 0 Å². The smallest absolute Gasteiger partial charge is 0.257 e. The van der Waals surface area contributed by atoms with E-state index in [1.165, 1.54) is 6.20 Å². The number of hydrogen-bond donors (Lipinski definition) is 1. The van der Waals surface area contributed by atoms with Crippen molar-refractivity contribution in [3.8, 4) is 0 Å². The Labute approximate surface area is 126 Å². The van der Waals surface area contributed by atoms with Gasteiger partial charge in [0.25, 0.3) is 5.91 Å². The molecule has 1 N–H and O–H groups in total. The standard InChI is InChI=1S/C15H13ClN4O/c1-2-20-9-10(7-18-20)19-15(21)13-8-17-14(16)12-6-4-3-5-11(12)13/h3-9H,2H2,1H3,(H,19,21). The third-order valence-corrected chi connectivity index (χ3v) is 3.51. The van der Waals surface area contributed by atoms with Crippen LogP contribution in [0, 0.1) is 0 Å². The zero-order chi connectivity index (χ0) is 14.8. The predicted molar refractivity (Wildman–Crippen MR) is 82.6 cm³/mol. The van der Waals surface area contributed by atoms with Crippen LogP contribution < -0.4 is 5.32 Å². The third-order valence-electron chi connectivity index (χ3n) is 3.21. The molecule has 5 nitrogen and oxygen atoms in total. The average molecular weight is 301 g/mol. The molecular formula is C15H13ClN4O. The quantitative estimate of drug-likeness (QED) is 0.755. The van der Waals surface area contributed by atoms with Gasteiger partial charge in [-0.3, -0.25) is 9.48 Å². The molecule has 0 unspecified atom stereocenters. The monoisotopic (exact) mass is 300 g/mol. The van der Waals surface area contributed by atoms with Crippen LogP contribution in [0.1, 0.15) is 17.3 Å². The highest BCUT2D eigenvalue weighted by atomic mass is 35.5. The Morgan fingerprint density at radius 2 is 2.05 bits per heavy atom. The summed E-state index contributed by atoms with van der Waals surface area (Å²) in [6, 6.07) is 7.43. The number of carbonyl (C=O) groups excluding carboxylic acids is 1. The van der Waals surface area contributed by atoms with Crippen molar-refractivity contribution in [1.29, 1.82) is 0 Å². The number of nitrogens with zero attached hydrogens (tertiary/aromatic N) is 3. The van der Waals surface area contributed by atoms with Gasteiger partial charge < -0.3 is 5.32 Å². The number of amides is 1. The van der Waals surface area contributed by atoms with E-state index in [2.05, 4.69) is 15.4 Å². The second-order valence-corrected chi connectivity index (χ2v) is 4.91. The number of hydrogen-bond acceptors (Lipinski definition) is 3. The lowest BCUT2D eigenvalue weighted by Gasteiger charge is -2.07. The van der Waals surface area contributed by atoms with Crippen LogP contribution in [0.25, 0.3) is 10.8 Å². The Morgan fingerprint density at radius 3 is 2.76 bits per heavy atom. The Bertz CT molecular complexity index is 812. The Hall–Kier alpha value is -2.40. The fourth-order valence-corrected chi connectivity index (χ4v) is 2.35. The van der Waals surface area contributed by atoms with E-state index in [0.29, 0.717) is 16.4 Å². The molecule has 0 atom stereocenters. The molecule has 0 saturated heterocycles. The minimum Gasteiger partial charge on any atom is -0.319 e. The molecule has 3 rings (SSSR count). The maximum absolute atomic E-state index is 12.4. The molecule has 0 spiro atoms. The van der Waals surface area contributed by atoms with Crippen LogP contribution in [0.2, 0.25) is 5.15 Å². The van der Waals surface area contributed by atoms with Crippen LogP contribution in [-0.4, -0.2) is 20.7 Å². The van der Waals surface area contributed by atoms with Gasteiger partial charge in [0.1, 0.15) is 5.15 Å². The first-order valence-corrected chi connectivity index (χ1v) is 6.94. The summed E-state index contributed by atoms with van der Waals surface area (Å²) < 4.78 is 1.74. The fourth-order valence-electron chi connectivity index (χ4n) is 2.14. The van der Waals surface area contributed by atoms with Gasteiger partial charge in [0, 0.05) is 24.3 Å². The number of pyridine rings is 1. The summed E-state index contributed by atoms with van der Waals surface area (Å²) in [6.07, 6.45) is 4.89. The van der Waals surface area contributed by atoms with Gasteiger partial charge in [-0.25, -0.2) is 4.98 Å². The Morgan fingerprint density at radius 1 is 1.29 bits per heavy atom. The average Bonchev–Trinajstić information content (AvgIpc) is 2.95. The van der Waals surface area contributed by atoms with Crippen LogP contribution in [0.15, 0.2) is 42.9 Å². The van der Waals surface area contributed by atoms with E-state index in [1.807, 2.05) is 31.2 Å². The van der Waals surface area contributed by atoms with Crippen LogP contribution in [-0.2, 0) is 6.54 Å². The number of nitrogens with one attached hydrogen (secondary N) is 1. The maximum Gasteiger partial charge on any atom is 0.257 e. The summed E-state index contributed by atoms with van der Waals surface area (Å²) in [6.45, 7) is 2.73. The molecule has 2 heterocycles. The molecule has 0 bridgehead atoms. The van der Waals surface area contributed by atoms with E-state index >= 15 is 0 Å². The van der Waals surface area contributed by atoms with Crippen molar-refractivity contribution in [2.24, 2.45) is 0 Å². The van der Waals surface area contributed by atoms with E-state index in [-0.39, 0.29) is 5.91 Å². The van der Waals surface area contributed by atoms with Gasteiger partial charge in [-0.1, -0.05) is 35.9 Å². The minimum absolute atomic E-state index is 0.231. The molecule has 2 aromatic heterocycles. The Balaban J connectivity index is 1.96.